The van der Waals surface area contributed by atoms with Crippen LogP contribution in [0, 0.1) is 11.3 Å². The molecule has 0 aliphatic heterocycles. The standard InChI is InChI=1S/C11H24N2/c1-3-5-6-7-9-10(8-4-2)11(12)13/h10H,3-9H2,1-2H3,(H3,12,13). The van der Waals surface area contributed by atoms with Gasteiger partial charge in [-0.1, -0.05) is 46.0 Å². The van der Waals surface area contributed by atoms with Crippen molar-refractivity contribution in [3.63, 3.8) is 0 Å². The number of unbranched alkanes of at least 4 members (excludes halogenated alkanes) is 3. The van der Waals surface area contributed by atoms with Crippen molar-refractivity contribution >= 4 is 5.84 Å². The van der Waals surface area contributed by atoms with E-state index in [1.54, 1.807) is 0 Å². The summed E-state index contributed by atoms with van der Waals surface area (Å²) in [6.07, 6.45) is 8.46. The van der Waals surface area contributed by atoms with E-state index < -0.39 is 0 Å². The third kappa shape index (κ3) is 6.62. The van der Waals surface area contributed by atoms with Crippen LogP contribution in [0.25, 0.3) is 0 Å². The second-order valence-corrected chi connectivity index (χ2v) is 3.79. The van der Waals surface area contributed by atoms with Crippen LogP contribution in [-0.2, 0) is 0 Å². The maximum absolute atomic E-state index is 7.41. The molecule has 0 rings (SSSR count). The molecule has 0 radical (unpaired) electrons. The largest absolute Gasteiger partial charge is 0.387 e. The molecule has 1 unspecified atom stereocenters. The van der Waals surface area contributed by atoms with E-state index in [0.717, 1.165) is 19.3 Å². The molecular formula is C11H24N2. The first-order valence-electron chi connectivity index (χ1n) is 5.56. The van der Waals surface area contributed by atoms with Crippen molar-refractivity contribution in [3.05, 3.63) is 0 Å². The van der Waals surface area contributed by atoms with Crippen LogP contribution in [0.15, 0.2) is 0 Å². The highest BCUT2D eigenvalue weighted by molar-refractivity contribution is 5.79. The van der Waals surface area contributed by atoms with Crippen LogP contribution < -0.4 is 5.73 Å². The lowest BCUT2D eigenvalue weighted by Crippen LogP contribution is -2.22. The van der Waals surface area contributed by atoms with Gasteiger partial charge in [0.1, 0.15) is 0 Å². The SMILES string of the molecule is CCCCCCC(CCC)C(=N)N. The average molecular weight is 184 g/mol. The number of hydrogen-bond donors (Lipinski definition) is 2. The first kappa shape index (κ1) is 12.5. The first-order chi connectivity index (χ1) is 6.22. The van der Waals surface area contributed by atoms with Crippen molar-refractivity contribution in [2.75, 3.05) is 0 Å². The van der Waals surface area contributed by atoms with E-state index in [9.17, 15) is 0 Å². The molecule has 0 heterocycles. The van der Waals surface area contributed by atoms with Crippen molar-refractivity contribution in [2.24, 2.45) is 11.7 Å². The topological polar surface area (TPSA) is 49.9 Å². The molecule has 0 fully saturated rings. The molecule has 1 atom stereocenters. The molecule has 0 amide bonds. The predicted molar refractivity (Wildman–Crippen MR) is 59.1 cm³/mol. The quantitative estimate of drug-likeness (QED) is 0.339. The van der Waals surface area contributed by atoms with Crippen molar-refractivity contribution < 1.29 is 0 Å². The minimum Gasteiger partial charge on any atom is -0.387 e. The minimum absolute atomic E-state index is 0.349. The van der Waals surface area contributed by atoms with Gasteiger partial charge in [0.15, 0.2) is 0 Å². The number of amidine groups is 1. The van der Waals surface area contributed by atoms with Crippen molar-refractivity contribution in [2.45, 2.75) is 58.8 Å². The number of rotatable bonds is 8. The Bertz CT molecular complexity index is 132. The number of nitrogens with one attached hydrogen (secondary N) is 1. The fourth-order valence-electron chi connectivity index (χ4n) is 1.62. The summed E-state index contributed by atoms with van der Waals surface area (Å²) in [7, 11) is 0. The summed E-state index contributed by atoms with van der Waals surface area (Å²) in [4.78, 5) is 0. The summed E-state index contributed by atoms with van der Waals surface area (Å²) in [5, 5.41) is 7.41. The lowest BCUT2D eigenvalue weighted by molar-refractivity contribution is 0.514. The van der Waals surface area contributed by atoms with E-state index in [2.05, 4.69) is 13.8 Å². The van der Waals surface area contributed by atoms with Gasteiger partial charge in [-0.25, -0.2) is 0 Å². The van der Waals surface area contributed by atoms with Gasteiger partial charge < -0.3 is 5.73 Å². The molecule has 0 aromatic heterocycles. The molecule has 0 aliphatic rings. The second-order valence-electron chi connectivity index (χ2n) is 3.79. The normalized spacial score (nSPS) is 12.8. The molecule has 0 aliphatic carbocycles. The van der Waals surface area contributed by atoms with Gasteiger partial charge in [-0.05, 0) is 12.8 Å². The van der Waals surface area contributed by atoms with Gasteiger partial charge in [0.05, 0.1) is 5.84 Å². The Morgan fingerprint density at radius 1 is 1.08 bits per heavy atom. The van der Waals surface area contributed by atoms with Crippen LogP contribution in [0.2, 0.25) is 0 Å². The Balaban J connectivity index is 3.51. The van der Waals surface area contributed by atoms with E-state index in [0.29, 0.717) is 11.8 Å². The lowest BCUT2D eigenvalue weighted by Gasteiger charge is -2.13. The molecule has 0 bridgehead atoms. The van der Waals surface area contributed by atoms with Gasteiger partial charge in [0.2, 0.25) is 0 Å². The zero-order valence-electron chi connectivity index (χ0n) is 9.10. The highest BCUT2D eigenvalue weighted by atomic mass is 14.7. The Kier molecular flexibility index (Phi) is 7.76. The third-order valence-corrected chi connectivity index (χ3v) is 2.48. The van der Waals surface area contributed by atoms with Crippen LogP contribution in [0.1, 0.15) is 58.8 Å². The van der Waals surface area contributed by atoms with E-state index in [4.69, 9.17) is 11.1 Å². The Labute approximate surface area is 82.4 Å². The summed E-state index contributed by atoms with van der Waals surface area (Å²) in [6.45, 7) is 4.37. The maximum atomic E-state index is 7.41. The first-order valence-corrected chi connectivity index (χ1v) is 5.56. The molecule has 0 saturated heterocycles. The minimum atomic E-state index is 0.349. The fourth-order valence-corrected chi connectivity index (χ4v) is 1.62. The van der Waals surface area contributed by atoms with Crippen LogP contribution in [-0.4, -0.2) is 5.84 Å². The molecule has 0 aromatic rings. The summed E-state index contributed by atoms with van der Waals surface area (Å²) in [5.41, 5.74) is 5.52. The smallest absolute Gasteiger partial charge is 0.0936 e. The second kappa shape index (κ2) is 8.09. The monoisotopic (exact) mass is 184 g/mol. The lowest BCUT2D eigenvalue weighted by atomic mass is 9.95. The maximum Gasteiger partial charge on any atom is 0.0936 e. The van der Waals surface area contributed by atoms with Crippen LogP contribution in [0.4, 0.5) is 0 Å². The van der Waals surface area contributed by atoms with Crippen LogP contribution in [0.3, 0.4) is 0 Å². The number of hydrogen-bond acceptors (Lipinski definition) is 1. The summed E-state index contributed by atoms with van der Waals surface area (Å²) < 4.78 is 0. The fraction of sp³-hybridized carbons (Fsp3) is 0.909. The van der Waals surface area contributed by atoms with Gasteiger partial charge in [0.25, 0.3) is 0 Å². The van der Waals surface area contributed by atoms with Gasteiger partial charge in [-0.2, -0.15) is 0 Å². The molecule has 13 heavy (non-hydrogen) atoms. The van der Waals surface area contributed by atoms with E-state index in [-0.39, 0.29) is 0 Å². The summed E-state index contributed by atoms with van der Waals surface area (Å²) in [5.74, 6) is 0.736. The van der Waals surface area contributed by atoms with Gasteiger partial charge in [0, 0.05) is 5.92 Å². The molecule has 2 heteroatoms. The molecule has 78 valence electrons. The van der Waals surface area contributed by atoms with Crippen molar-refractivity contribution in [1.29, 1.82) is 5.41 Å². The average Bonchev–Trinajstić information content (AvgIpc) is 2.10. The molecule has 0 saturated carbocycles. The zero-order valence-corrected chi connectivity index (χ0v) is 9.10. The van der Waals surface area contributed by atoms with Crippen molar-refractivity contribution in [1.82, 2.24) is 0 Å². The third-order valence-electron chi connectivity index (χ3n) is 2.48. The van der Waals surface area contributed by atoms with E-state index in [1.807, 2.05) is 0 Å². The Morgan fingerprint density at radius 3 is 2.23 bits per heavy atom. The Hall–Kier alpha value is -0.530. The predicted octanol–water partition coefficient (Wildman–Crippen LogP) is 3.31. The highest BCUT2D eigenvalue weighted by Gasteiger charge is 2.09. The van der Waals surface area contributed by atoms with E-state index >= 15 is 0 Å². The Morgan fingerprint density at radius 2 is 1.77 bits per heavy atom. The van der Waals surface area contributed by atoms with Gasteiger partial charge in [-0.3, -0.25) is 5.41 Å². The number of nitrogens with two attached hydrogens (primary N) is 1. The highest BCUT2D eigenvalue weighted by Crippen LogP contribution is 2.15. The van der Waals surface area contributed by atoms with Gasteiger partial charge in [-0.15, -0.1) is 0 Å². The molecular weight excluding hydrogens is 160 g/mol. The van der Waals surface area contributed by atoms with E-state index in [1.165, 1.54) is 25.7 Å². The van der Waals surface area contributed by atoms with Gasteiger partial charge >= 0.3 is 0 Å². The molecule has 2 nitrogen and oxygen atoms in total. The summed E-state index contributed by atoms with van der Waals surface area (Å²) in [6, 6.07) is 0. The zero-order chi connectivity index (χ0) is 10.1. The summed E-state index contributed by atoms with van der Waals surface area (Å²) >= 11 is 0. The van der Waals surface area contributed by atoms with Crippen LogP contribution >= 0.6 is 0 Å². The molecule has 3 N–H and O–H groups in total. The van der Waals surface area contributed by atoms with Crippen LogP contribution in [0.5, 0.6) is 0 Å². The van der Waals surface area contributed by atoms with Crippen molar-refractivity contribution in [3.8, 4) is 0 Å². The molecule has 0 spiro atoms. The molecule has 0 aromatic carbocycles.